The zero-order valence-corrected chi connectivity index (χ0v) is 22.9. The van der Waals surface area contributed by atoms with E-state index in [1.807, 2.05) is 6.92 Å². The van der Waals surface area contributed by atoms with Gasteiger partial charge in [0.1, 0.15) is 5.82 Å². The average Bonchev–Trinajstić information content (AvgIpc) is 2.88. The Morgan fingerprint density at radius 2 is 1.55 bits per heavy atom. The Morgan fingerprint density at radius 3 is 2.16 bits per heavy atom. The number of nitrogens with one attached hydrogen (secondary N) is 2. The van der Waals surface area contributed by atoms with Crippen LogP contribution in [-0.2, 0) is 30.6 Å². The predicted molar refractivity (Wildman–Crippen MR) is 145 cm³/mol. The number of aryl methyl sites for hydroxylation is 1. The van der Waals surface area contributed by atoms with Crippen molar-refractivity contribution < 1.29 is 26.0 Å². The fraction of sp³-hybridized carbons (Fsp3) is 0.269. The lowest BCUT2D eigenvalue weighted by atomic mass is 9.97. The molecule has 0 aromatic heterocycles. The largest absolute Gasteiger partial charge is 0.326 e. The summed E-state index contributed by atoms with van der Waals surface area (Å²) in [5.74, 6) is -1.94. The van der Waals surface area contributed by atoms with Gasteiger partial charge in [-0.05, 0) is 68.3 Å². The number of halogens is 2. The quantitative estimate of drug-likeness (QED) is 0.399. The first-order valence-electron chi connectivity index (χ1n) is 11.9. The van der Waals surface area contributed by atoms with Crippen molar-refractivity contribution in [2.75, 3.05) is 23.1 Å². The zero-order valence-electron chi connectivity index (χ0n) is 20.5. The van der Waals surface area contributed by atoms with Crippen molar-refractivity contribution in [3.8, 4) is 0 Å². The van der Waals surface area contributed by atoms with Gasteiger partial charge >= 0.3 is 0 Å². The van der Waals surface area contributed by atoms with E-state index in [-0.39, 0.29) is 34.5 Å². The van der Waals surface area contributed by atoms with Crippen LogP contribution in [0.25, 0.3) is 0 Å². The van der Waals surface area contributed by atoms with Gasteiger partial charge in [0.15, 0.2) is 0 Å². The number of piperidine rings is 1. The van der Waals surface area contributed by atoms with E-state index < -0.39 is 37.5 Å². The third-order valence-electron chi connectivity index (χ3n) is 6.34. The SMILES string of the molecule is Cc1ccc(NS(=O)(=O)c2ccc(NC(=O)C3CCN(S(=O)(=O)Cc4c(F)cccc4Cl)CC3)cc2)cc1. The van der Waals surface area contributed by atoms with E-state index in [0.717, 1.165) is 11.6 Å². The first kappa shape index (κ1) is 28.0. The summed E-state index contributed by atoms with van der Waals surface area (Å²) in [5, 5.41) is 2.81. The number of sulfonamides is 2. The second-order valence-corrected chi connectivity index (χ2v) is 13.2. The number of carbonyl (C=O) groups is 1. The number of carbonyl (C=O) groups excluding carboxylic acids is 1. The minimum absolute atomic E-state index is 0.0459. The molecule has 1 heterocycles. The first-order valence-corrected chi connectivity index (χ1v) is 15.3. The summed E-state index contributed by atoms with van der Waals surface area (Å²) in [4.78, 5) is 12.8. The monoisotopic (exact) mass is 579 g/mol. The maximum Gasteiger partial charge on any atom is 0.261 e. The molecule has 1 aliphatic rings. The van der Waals surface area contributed by atoms with Gasteiger partial charge in [-0.2, -0.15) is 0 Å². The fourth-order valence-corrected chi connectivity index (χ4v) is 7.11. The number of nitrogens with zero attached hydrogens (tertiary/aromatic N) is 1. The van der Waals surface area contributed by atoms with Crippen molar-refractivity contribution in [2.24, 2.45) is 5.92 Å². The maximum atomic E-state index is 14.1. The van der Waals surface area contributed by atoms with Crippen molar-refractivity contribution in [2.45, 2.75) is 30.4 Å². The Labute approximate surface area is 226 Å². The van der Waals surface area contributed by atoms with Gasteiger partial charge in [-0.3, -0.25) is 9.52 Å². The van der Waals surface area contributed by atoms with E-state index in [4.69, 9.17) is 11.6 Å². The van der Waals surface area contributed by atoms with Crippen LogP contribution in [0.4, 0.5) is 15.8 Å². The van der Waals surface area contributed by atoms with Crippen molar-refractivity contribution in [3.05, 3.63) is 88.7 Å². The number of anilines is 2. The maximum absolute atomic E-state index is 14.1. The summed E-state index contributed by atoms with van der Waals surface area (Å²) in [5.41, 5.74) is 1.80. The molecule has 0 bridgehead atoms. The van der Waals surface area contributed by atoms with E-state index in [1.165, 1.54) is 40.7 Å². The Bertz CT molecular complexity index is 1500. The van der Waals surface area contributed by atoms with Crippen LogP contribution in [0, 0.1) is 18.7 Å². The molecule has 3 aromatic rings. The predicted octanol–water partition coefficient (Wildman–Crippen LogP) is 4.77. The highest BCUT2D eigenvalue weighted by Crippen LogP contribution is 2.27. The molecule has 2 N–H and O–H groups in total. The molecular formula is C26H27ClFN3O5S2. The van der Waals surface area contributed by atoms with Crippen LogP contribution in [0.3, 0.4) is 0 Å². The molecule has 0 saturated carbocycles. The molecule has 1 fully saturated rings. The van der Waals surface area contributed by atoms with E-state index in [0.29, 0.717) is 24.2 Å². The van der Waals surface area contributed by atoms with Gasteiger partial charge in [0.25, 0.3) is 10.0 Å². The number of rotatable bonds is 8. The molecule has 202 valence electrons. The lowest BCUT2D eigenvalue weighted by Crippen LogP contribution is -2.42. The summed E-state index contributed by atoms with van der Waals surface area (Å²) >= 11 is 5.98. The van der Waals surface area contributed by atoms with Gasteiger partial charge in [-0.25, -0.2) is 25.5 Å². The topological polar surface area (TPSA) is 113 Å². The Kier molecular flexibility index (Phi) is 8.41. The lowest BCUT2D eigenvalue weighted by molar-refractivity contribution is -0.120. The third-order valence-corrected chi connectivity index (χ3v) is 9.90. The Balaban J connectivity index is 1.32. The standard InChI is InChI=1S/C26H27ClFN3O5S2/c1-18-5-7-21(8-6-18)30-38(35,36)22-11-9-20(10-12-22)29-26(32)19-13-15-31(16-14-19)37(33,34)17-23-24(27)3-2-4-25(23)28/h2-12,19,30H,13-17H2,1H3,(H,29,32). The molecule has 3 aromatic carbocycles. The number of hydrogen-bond donors (Lipinski definition) is 2. The smallest absolute Gasteiger partial charge is 0.261 e. The van der Waals surface area contributed by atoms with E-state index in [9.17, 15) is 26.0 Å². The highest BCUT2D eigenvalue weighted by molar-refractivity contribution is 7.92. The summed E-state index contributed by atoms with van der Waals surface area (Å²) < 4.78 is 68.8. The summed E-state index contributed by atoms with van der Waals surface area (Å²) in [6.07, 6.45) is 0.589. The zero-order chi connectivity index (χ0) is 27.5. The van der Waals surface area contributed by atoms with E-state index in [1.54, 1.807) is 24.3 Å². The van der Waals surface area contributed by atoms with Crippen LogP contribution in [0.5, 0.6) is 0 Å². The number of hydrogen-bond acceptors (Lipinski definition) is 5. The van der Waals surface area contributed by atoms with Crippen LogP contribution in [0.2, 0.25) is 5.02 Å². The van der Waals surface area contributed by atoms with E-state index in [2.05, 4.69) is 10.0 Å². The molecule has 1 aliphatic heterocycles. The summed E-state index contributed by atoms with van der Waals surface area (Å²) in [7, 11) is -7.62. The molecule has 38 heavy (non-hydrogen) atoms. The Hall–Kier alpha value is -2.99. The molecule has 0 spiro atoms. The first-order chi connectivity index (χ1) is 17.9. The molecule has 4 rings (SSSR count). The summed E-state index contributed by atoms with van der Waals surface area (Å²) in [6.45, 7) is 2.14. The normalized spacial score (nSPS) is 15.2. The molecule has 0 radical (unpaired) electrons. The van der Waals surface area contributed by atoms with E-state index >= 15 is 0 Å². The van der Waals surface area contributed by atoms with Gasteiger partial charge in [0.2, 0.25) is 15.9 Å². The molecule has 8 nitrogen and oxygen atoms in total. The van der Waals surface area contributed by atoms with Gasteiger partial charge in [0.05, 0.1) is 10.6 Å². The average molecular weight is 580 g/mol. The Morgan fingerprint density at radius 1 is 0.947 bits per heavy atom. The van der Waals surface area contributed by atoms with Crippen LogP contribution in [0.1, 0.15) is 24.0 Å². The van der Waals surface area contributed by atoms with Gasteiger partial charge < -0.3 is 5.32 Å². The second-order valence-electron chi connectivity index (χ2n) is 9.11. The highest BCUT2D eigenvalue weighted by Gasteiger charge is 2.32. The van der Waals surface area contributed by atoms with Gasteiger partial charge in [-0.1, -0.05) is 35.4 Å². The van der Waals surface area contributed by atoms with Crippen molar-refractivity contribution in [1.82, 2.24) is 4.31 Å². The van der Waals surface area contributed by atoms with Crippen molar-refractivity contribution in [1.29, 1.82) is 0 Å². The number of benzene rings is 3. The molecule has 0 unspecified atom stereocenters. The third kappa shape index (κ3) is 6.71. The van der Waals surface area contributed by atoms with Crippen LogP contribution in [-0.4, -0.2) is 40.1 Å². The van der Waals surface area contributed by atoms with Crippen LogP contribution in [0.15, 0.2) is 71.6 Å². The molecule has 1 amide bonds. The highest BCUT2D eigenvalue weighted by atomic mass is 35.5. The van der Waals surface area contributed by atoms with Gasteiger partial charge in [-0.15, -0.1) is 0 Å². The number of amides is 1. The van der Waals surface area contributed by atoms with Gasteiger partial charge in [0, 0.05) is 41.0 Å². The van der Waals surface area contributed by atoms with Crippen molar-refractivity contribution in [3.63, 3.8) is 0 Å². The fourth-order valence-electron chi connectivity index (χ4n) is 4.14. The van der Waals surface area contributed by atoms with Crippen LogP contribution >= 0.6 is 11.6 Å². The molecule has 0 atom stereocenters. The molecular weight excluding hydrogens is 553 g/mol. The molecule has 12 heteroatoms. The molecule has 1 saturated heterocycles. The molecule has 0 aliphatic carbocycles. The lowest BCUT2D eigenvalue weighted by Gasteiger charge is -2.30. The van der Waals surface area contributed by atoms with Crippen molar-refractivity contribution >= 4 is 48.9 Å². The minimum Gasteiger partial charge on any atom is -0.326 e. The second kappa shape index (κ2) is 11.4. The minimum atomic E-state index is -3.82. The summed E-state index contributed by atoms with van der Waals surface area (Å²) in [6, 6.07) is 16.8. The van der Waals surface area contributed by atoms with Crippen LogP contribution < -0.4 is 10.0 Å².